The topological polar surface area (TPSA) is 12.0 Å². The highest BCUT2D eigenvalue weighted by molar-refractivity contribution is 7.99. The fourth-order valence-electron chi connectivity index (χ4n) is 2.13. The minimum Gasteiger partial charge on any atom is -0.316 e. The molecule has 0 fully saturated rings. The molecule has 0 saturated carbocycles. The van der Waals surface area contributed by atoms with Gasteiger partial charge in [-0.15, -0.1) is 11.8 Å². The van der Waals surface area contributed by atoms with Gasteiger partial charge in [-0.25, -0.2) is 4.39 Å². The largest absolute Gasteiger partial charge is 0.316 e. The maximum absolute atomic E-state index is 13.1. The first kappa shape index (κ1) is 16.3. The van der Waals surface area contributed by atoms with Gasteiger partial charge >= 0.3 is 0 Å². The number of hydrogen-bond acceptors (Lipinski definition) is 2. The molecule has 0 radical (unpaired) electrons. The molecule has 0 saturated heterocycles. The number of thioether (sulfide) groups is 1. The van der Waals surface area contributed by atoms with Gasteiger partial charge in [-0.1, -0.05) is 17.7 Å². The molecule has 2 aromatic rings. The van der Waals surface area contributed by atoms with Crippen LogP contribution >= 0.6 is 23.4 Å². The Morgan fingerprint density at radius 1 is 1.19 bits per heavy atom. The Balaban J connectivity index is 1.95. The van der Waals surface area contributed by atoms with Crippen molar-refractivity contribution in [2.24, 2.45) is 0 Å². The van der Waals surface area contributed by atoms with Gasteiger partial charge in [0.15, 0.2) is 0 Å². The van der Waals surface area contributed by atoms with Crippen LogP contribution in [-0.4, -0.2) is 18.8 Å². The highest BCUT2D eigenvalue weighted by Gasteiger charge is 2.10. The molecule has 0 aliphatic carbocycles. The van der Waals surface area contributed by atoms with Crippen LogP contribution in [0.15, 0.2) is 47.4 Å². The number of rotatable bonds is 6. The van der Waals surface area contributed by atoms with E-state index in [4.69, 9.17) is 11.6 Å². The number of aryl methyl sites for hydroxylation is 1. The van der Waals surface area contributed by atoms with E-state index in [0.717, 1.165) is 22.8 Å². The van der Waals surface area contributed by atoms with Gasteiger partial charge in [-0.3, -0.25) is 0 Å². The average Bonchev–Trinajstić information content (AvgIpc) is 2.47. The van der Waals surface area contributed by atoms with Gasteiger partial charge in [0, 0.05) is 21.7 Å². The lowest BCUT2D eigenvalue weighted by atomic mass is 10.0. The van der Waals surface area contributed by atoms with E-state index in [9.17, 15) is 4.39 Å². The Hall–Kier alpha value is -1.03. The summed E-state index contributed by atoms with van der Waals surface area (Å²) in [6.07, 6.45) is 0.892. The predicted molar refractivity (Wildman–Crippen MR) is 89.9 cm³/mol. The molecular weight excluding hydrogens is 305 g/mol. The summed E-state index contributed by atoms with van der Waals surface area (Å²) in [5, 5.41) is 4.09. The SMILES string of the molecule is CNC(CSc1ccc(Cl)cc1)Cc1ccc(F)cc1C. The fraction of sp³-hybridized carbons (Fsp3) is 0.294. The van der Waals surface area contributed by atoms with E-state index < -0.39 is 0 Å². The van der Waals surface area contributed by atoms with Crippen LogP contribution < -0.4 is 5.32 Å². The van der Waals surface area contributed by atoms with Crippen molar-refractivity contribution in [2.75, 3.05) is 12.8 Å². The predicted octanol–water partition coefficient (Wildman–Crippen LogP) is 4.71. The number of likely N-dealkylation sites (N-methyl/N-ethyl adjacent to an activating group) is 1. The van der Waals surface area contributed by atoms with Crippen LogP contribution in [0, 0.1) is 12.7 Å². The maximum atomic E-state index is 13.1. The second kappa shape index (κ2) is 7.83. The first-order valence-electron chi connectivity index (χ1n) is 6.89. The van der Waals surface area contributed by atoms with Crippen LogP contribution in [0.1, 0.15) is 11.1 Å². The first-order valence-corrected chi connectivity index (χ1v) is 8.25. The van der Waals surface area contributed by atoms with E-state index in [2.05, 4.69) is 5.32 Å². The minimum absolute atomic E-state index is 0.173. The van der Waals surface area contributed by atoms with Crippen LogP contribution in [0.5, 0.6) is 0 Å². The molecule has 2 rings (SSSR count). The van der Waals surface area contributed by atoms with Gasteiger partial charge in [0.05, 0.1) is 0 Å². The minimum atomic E-state index is -0.173. The van der Waals surface area contributed by atoms with Crippen molar-refractivity contribution >= 4 is 23.4 Å². The van der Waals surface area contributed by atoms with Crippen LogP contribution in [0.25, 0.3) is 0 Å². The monoisotopic (exact) mass is 323 g/mol. The van der Waals surface area contributed by atoms with Crippen LogP contribution in [0.2, 0.25) is 5.02 Å². The van der Waals surface area contributed by atoms with E-state index in [1.165, 1.54) is 16.5 Å². The van der Waals surface area contributed by atoms with Crippen molar-refractivity contribution in [3.8, 4) is 0 Å². The molecule has 21 heavy (non-hydrogen) atoms. The van der Waals surface area contributed by atoms with Gasteiger partial charge in [-0.2, -0.15) is 0 Å². The third kappa shape index (κ3) is 5.03. The zero-order valence-corrected chi connectivity index (χ0v) is 13.8. The molecule has 1 atom stereocenters. The Kier molecular flexibility index (Phi) is 6.09. The molecule has 2 aromatic carbocycles. The summed E-state index contributed by atoms with van der Waals surface area (Å²) in [5.74, 6) is 0.780. The summed E-state index contributed by atoms with van der Waals surface area (Å²) in [5.41, 5.74) is 2.19. The van der Waals surface area contributed by atoms with Crippen molar-refractivity contribution < 1.29 is 4.39 Å². The van der Waals surface area contributed by atoms with Gasteiger partial charge in [0.1, 0.15) is 5.82 Å². The Morgan fingerprint density at radius 2 is 1.90 bits per heavy atom. The summed E-state index contributed by atoms with van der Waals surface area (Å²) in [6.45, 7) is 1.96. The highest BCUT2D eigenvalue weighted by atomic mass is 35.5. The smallest absolute Gasteiger partial charge is 0.123 e. The molecule has 1 N–H and O–H groups in total. The van der Waals surface area contributed by atoms with Crippen molar-refractivity contribution in [1.29, 1.82) is 0 Å². The van der Waals surface area contributed by atoms with Crippen LogP contribution in [0.4, 0.5) is 4.39 Å². The molecule has 0 aliphatic heterocycles. The van der Waals surface area contributed by atoms with Crippen molar-refractivity contribution in [3.63, 3.8) is 0 Å². The third-order valence-electron chi connectivity index (χ3n) is 3.44. The van der Waals surface area contributed by atoms with E-state index in [1.54, 1.807) is 17.8 Å². The highest BCUT2D eigenvalue weighted by Crippen LogP contribution is 2.22. The molecule has 1 unspecified atom stereocenters. The normalized spacial score (nSPS) is 12.4. The van der Waals surface area contributed by atoms with Crippen molar-refractivity contribution in [2.45, 2.75) is 24.3 Å². The van der Waals surface area contributed by atoms with E-state index in [0.29, 0.717) is 6.04 Å². The lowest BCUT2D eigenvalue weighted by Crippen LogP contribution is -2.30. The number of hydrogen-bond donors (Lipinski definition) is 1. The second-order valence-electron chi connectivity index (χ2n) is 5.03. The van der Waals surface area contributed by atoms with E-state index in [-0.39, 0.29) is 5.82 Å². The van der Waals surface area contributed by atoms with Crippen LogP contribution in [0.3, 0.4) is 0 Å². The molecule has 0 spiro atoms. The van der Waals surface area contributed by atoms with Gasteiger partial charge < -0.3 is 5.32 Å². The molecule has 0 bridgehead atoms. The second-order valence-corrected chi connectivity index (χ2v) is 6.56. The number of benzene rings is 2. The third-order valence-corrected chi connectivity index (χ3v) is 4.87. The summed E-state index contributed by atoms with van der Waals surface area (Å²) in [4.78, 5) is 1.20. The zero-order chi connectivity index (χ0) is 15.2. The molecule has 112 valence electrons. The van der Waals surface area contributed by atoms with Crippen LogP contribution in [-0.2, 0) is 6.42 Å². The summed E-state index contributed by atoms with van der Waals surface area (Å²) >= 11 is 7.68. The molecule has 4 heteroatoms. The maximum Gasteiger partial charge on any atom is 0.123 e. The Labute approximate surface area is 134 Å². The van der Waals surface area contributed by atoms with Gasteiger partial charge in [0.2, 0.25) is 0 Å². The molecular formula is C17H19ClFNS. The Bertz CT molecular complexity index is 586. The lowest BCUT2D eigenvalue weighted by Gasteiger charge is -2.17. The van der Waals surface area contributed by atoms with Gasteiger partial charge in [-0.05, 0) is 67.9 Å². The standard InChI is InChI=1S/C17H19ClFNS/c1-12-9-15(19)6-3-13(12)10-16(20-2)11-21-17-7-4-14(18)5-8-17/h3-9,16,20H,10-11H2,1-2H3. The lowest BCUT2D eigenvalue weighted by molar-refractivity contribution is 0.607. The van der Waals surface area contributed by atoms with Gasteiger partial charge in [0.25, 0.3) is 0 Å². The molecule has 0 aliphatic rings. The van der Waals surface area contributed by atoms with E-state index >= 15 is 0 Å². The number of halogens is 2. The quantitative estimate of drug-likeness (QED) is 0.773. The molecule has 0 heterocycles. The Morgan fingerprint density at radius 3 is 2.52 bits per heavy atom. The summed E-state index contributed by atoms with van der Waals surface area (Å²) < 4.78 is 13.1. The fourth-order valence-corrected chi connectivity index (χ4v) is 3.26. The summed E-state index contributed by atoms with van der Waals surface area (Å²) in [6, 6.07) is 13.2. The molecule has 0 amide bonds. The molecule has 1 nitrogen and oxygen atoms in total. The van der Waals surface area contributed by atoms with Crippen molar-refractivity contribution in [1.82, 2.24) is 5.32 Å². The average molecular weight is 324 g/mol. The summed E-state index contributed by atoms with van der Waals surface area (Å²) in [7, 11) is 1.96. The first-order chi connectivity index (χ1) is 10.1. The van der Waals surface area contributed by atoms with Crippen molar-refractivity contribution in [3.05, 3.63) is 64.4 Å². The van der Waals surface area contributed by atoms with E-state index in [1.807, 2.05) is 44.3 Å². The zero-order valence-electron chi connectivity index (χ0n) is 12.2. The molecule has 0 aromatic heterocycles. The number of nitrogens with one attached hydrogen (secondary N) is 1.